The highest BCUT2D eigenvalue weighted by Gasteiger charge is 2.30. The zero-order valence-electron chi connectivity index (χ0n) is 20.2. The molecule has 1 unspecified atom stereocenters. The number of anilines is 1. The van der Waals surface area contributed by atoms with E-state index < -0.39 is 27.3 Å². The summed E-state index contributed by atoms with van der Waals surface area (Å²) in [5.74, 6) is 0.532. The van der Waals surface area contributed by atoms with Gasteiger partial charge in [0.25, 0.3) is 5.56 Å². The van der Waals surface area contributed by atoms with E-state index in [1.54, 1.807) is 36.2 Å². The predicted octanol–water partition coefficient (Wildman–Crippen LogP) is 5.24. The van der Waals surface area contributed by atoms with Crippen molar-refractivity contribution in [3.8, 4) is 17.1 Å². The Labute approximate surface area is 218 Å². The summed E-state index contributed by atoms with van der Waals surface area (Å²) < 4.78 is 66.6. The van der Waals surface area contributed by atoms with E-state index in [1.807, 2.05) is 6.92 Å². The summed E-state index contributed by atoms with van der Waals surface area (Å²) in [6.07, 6.45) is -3.54. The lowest BCUT2D eigenvalue weighted by molar-refractivity contribution is -0.137. The van der Waals surface area contributed by atoms with Crippen LogP contribution in [-0.4, -0.2) is 37.6 Å². The molecule has 12 heteroatoms. The lowest BCUT2D eigenvalue weighted by atomic mass is 10.1. The van der Waals surface area contributed by atoms with Crippen molar-refractivity contribution >= 4 is 27.4 Å². The maximum atomic E-state index is 13.3. The molecule has 0 bridgehead atoms. The SMILES string of the molecule is C=CS(=O)(=O)NC(CC)CCN(C)c1cc(=O)n(-c2ccc(C(F)(F)F)cc2)c(-c2ccc(Cl)cc2)n1. The molecule has 1 aromatic heterocycles. The first-order valence-electron chi connectivity index (χ1n) is 11.3. The van der Waals surface area contributed by atoms with Crippen molar-refractivity contribution in [3.05, 3.63) is 87.5 Å². The van der Waals surface area contributed by atoms with Crippen LogP contribution < -0.4 is 15.2 Å². The third-order valence-corrected chi connectivity index (χ3v) is 7.06. The summed E-state index contributed by atoms with van der Waals surface area (Å²) in [5, 5.41) is 1.31. The van der Waals surface area contributed by atoms with E-state index in [0.717, 1.165) is 17.5 Å². The Morgan fingerprint density at radius 3 is 2.32 bits per heavy atom. The fourth-order valence-electron chi connectivity index (χ4n) is 3.60. The Balaban J connectivity index is 2.00. The molecule has 7 nitrogen and oxygen atoms in total. The maximum Gasteiger partial charge on any atom is 0.416 e. The van der Waals surface area contributed by atoms with Crippen molar-refractivity contribution in [2.45, 2.75) is 32.0 Å². The Morgan fingerprint density at radius 2 is 1.78 bits per heavy atom. The molecule has 0 saturated carbocycles. The first-order chi connectivity index (χ1) is 17.3. The van der Waals surface area contributed by atoms with Gasteiger partial charge >= 0.3 is 6.18 Å². The van der Waals surface area contributed by atoms with E-state index in [-0.39, 0.29) is 17.6 Å². The van der Waals surface area contributed by atoms with Gasteiger partial charge in [0, 0.05) is 41.7 Å². The second-order valence-corrected chi connectivity index (χ2v) is 10.4. The lowest BCUT2D eigenvalue weighted by Gasteiger charge is -2.23. The number of nitrogens with one attached hydrogen (secondary N) is 1. The molecule has 0 amide bonds. The first kappa shape index (κ1) is 28.4. The van der Waals surface area contributed by atoms with E-state index in [9.17, 15) is 26.4 Å². The zero-order valence-corrected chi connectivity index (χ0v) is 21.7. The van der Waals surface area contributed by atoms with E-state index in [0.29, 0.717) is 35.8 Å². The number of benzene rings is 2. The fourth-order valence-corrected chi connectivity index (χ4v) is 4.57. The minimum atomic E-state index is -4.51. The van der Waals surface area contributed by atoms with Crippen molar-refractivity contribution in [1.82, 2.24) is 14.3 Å². The number of hydrogen-bond donors (Lipinski definition) is 1. The molecule has 1 heterocycles. The number of alkyl halides is 3. The Bertz CT molecular complexity index is 1410. The predicted molar refractivity (Wildman–Crippen MR) is 140 cm³/mol. The molecule has 3 aromatic rings. The number of aromatic nitrogens is 2. The number of halogens is 4. The minimum absolute atomic E-state index is 0.213. The molecular formula is C25H26ClF3N4O3S. The van der Waals surface area contributed by atoms with Crippen LogP contribution in [-0.2, 0) is 16.2 Å². The average molecular weight is 555 g/mol. The van der Waals surface area contributed by atoms with E-state index in [4.69, 9.17) is 11.6 Å². The molecule has 3 rings (SSSR count). The van der Waals surface area contributed by atoms with E-state index in [1.165, 1.54) is 22.8 Å². The second kappa shape index (κ2) is 11.5. The van der Waals surface area contributed by atoms with Crippen molar-refractivity contribution in [3.63, 3.8) is 0 Å². The normalized spacial score (nSPS) is 12.8. The molecular weight excluding hydrogens is 529 g/mol. The van der Waals surface area contributed by atoms with Gasteiger partial charge in [0.15, 0.2) is 0 Å². The van der Waals surface area contributed by atoms with Crippen LogP contribution in [0.5, 0.6) is 0 Å². The van der Waals surface area contributed by atoms with Crippen molar-refractivity contribution < 1.29 is 21.6 Å². The number of hydrogen-bond acceptors (Lipinski definition) is 5. The van der Waals surface area contributed by atoms with Gasteiger partial charge in [-0.2, -0.15) is 13.2 Å². The van der Waals surface area contributed by atoms with Crippen LogP contribution in [0.4, 0.5) is 19.0 Å². The molecule has 198 valence electrons. The van der Waals surface area contributed by atoms with Crippen LogP contribution in [0, 0.1) is 0 Å². The Kier molecular flexibility index (Phi) is 8.83. The first-order valence-corrected chi connectivity index (χ1v) is 13.2. The van der Waals surface area contributed by atoms with Gasteiger partial charge in [-0.1, -0.05) is 25.1 Å². The summed E-state index contributed by atoms with van der Waals surface area (Å²) in [6, 6.07) is 11.7. The summed E-state index contributed by atoms with van der Waals surface area (Å²) >= 11 is 6.01. The zero-order chi connectivity index (χ0) is 27.4. The van der Waals surface area contributed by atoms with Crippen LogP contribution in [0.25, 0.3) is 17.1 Å². The molecule has 37 heavy (non-hydrogen) atoms. The molecule has 0 radical (unpaired) electrons. The standard InChI is InChI=1S/C25H26ClF3N4O3S/c1-4-20(31-37(35,36)5-2)14-15-32(3)22-16-23(34)33(21-12-8-18(9-13-21)25(27,28)29)24(30-22)17-6-10-19(26)11-7-17/h5-13,16,20,31H,2,4,14-15H2,1,3H3. The van der Waals surface area contributed by atoms with Crippen LogP contribution in [0.2, 0.25) is 5.02 Å². The van der Waals surface area contributed by atoms with Crippen molar-refractivity contribution in [2.75, 3.05) is 18.5 Å². The summed E-state index contributed by atoms with van der Waals surface area (Å²) in [6.45, 7) is 5.51. The van der Waals surface area contributed by atoms with Crippen LogP contribution in [0.3, 0.4) is 0 Å². The van der Waals surface area contributed by atoms with Gasteiger partial charge in [0.1, 0.15) is 11.6 Å². The topological polar surface area (TPSA) is 84.3 Å². The summed E-state index contributed by atoms with van der Waals surface area (Å²) in [5.41, 5.74) is -0.587. The molecule has 1 atom stereocenters. The van der Waals surface area contributed by atoms with Crippen molar-refractivity contribution in [1.29, 1.82) is 0 Å². The molecule has 1 N–H and O–H groups in total. The molecule has 0 spiro atoms. The molecule has 0 aliphatic carbocycles. The minimum Gasteiger partial charge on any atom is -0.359 e. The quantitative estimate of drug-likeness (QED) is 0.370. The highest BCUT2D eigenvalue weighted by atomic mass is 35.5. The summed E-state index contributed by atoms with van der Waals surface area (Å²) in [4.78, 5) is 19.6. The largest absolute Gasteiger partial charge is 0.416 e. The van der Waals surface area contributed by atoms with Crippen LogP contribution in [0.15, 0.2) is 71.4 Å². The van der Waals surface area contributed by atoms with Gasteiger partial charge in [-0.3, -0.25) is 9.36 Å². The van der Waals surface area contributed by atoms with Crippen LogP contribution >= 0.6 is 11.6 Å². The smallest absolute Gasteiger partial charge is 0.359 e. The lowest BCUT2D eigenvalue weighted by Crippen LogP contribution is -2.36. The van der Waals surface area contributed by atoms with Gasteiger partial charge in [-0.05, 0) is 61.4 Å². The fraction of sp³-hybridized carbons (Fsp3) is 0.280. The molecule has 0 saturated heterocycles. The number of rotatable bonds is 10. The van der Waals surface area contributed by atoms with Crippen molar-refractivity contribution in [2.24, 2.45) is 0 Å². The highest BCUT2D eigenvalue weighted by molar-refractivity contribution is 7.92. The molecule has 2 aromatic carbocycles. The number of nitrogens with zero attached hydrogens (tertiary/aromatic N) is 3. The van der Waals surface area contributed by atoms with Gasteiger partial charge in [-0.15, -0.1) is 0 Å². The second-order valence-electron chi connectivity index (χ2n) is 8.31. The third kappa shape index (κ3) is 7.21. The van der Waals surface area contributed by atoms with Gasteiger partial charge in [-0.25, -0.2) is 18.1 Å². The molecule has 0 aliphatic rings. The average Bonchev–Trinajstić information content (AvgIpc) is 2.85. The highest BCUT2D eigenvalue weighted by Crippen LogP contribution is 2.30. The Hall–Kier alpha value is -3.15. The van der Waals surface area contributed by atoms with E-state index in [2.05, 4.69) is 16.3 Å². The van der Waals surface area contributed by atoms with Crippen LogP contribution in [0.1, 0.15) is 25.3 Å². The Morgan fingerprint density at radius 1 is 1.16 bits per heavy atom. The van der Waals surface area contributed by atoms with Gasteiger partial charge < -0.3 is 4.90 Å². The molecule has 0 fully saturated rings. The number of sulfonamides is 1. The van der Waals surface area contributed by atoms with E-state index >= 15 is 0 Å². The van der Waals surface area contributed by atoms with Gasteiger partial charge in [0.05, 0.1) is 11.3 Å². The molecule has 0 aliphatic heterocycles. The maximum absolute atomic E-state index is 13.3. The monoisotopic (exact) mass is 554 g/mol. The third-order valence-electron chi connectivity index (χ3n) is 5.71. The van der Waals surface area contributed by atoms with Gasteiger partial charge in [0.2, 0.25) is 10.0 Å². The summed E-state index contributed by atoms with van der Waals surface area (Å²) in [7, 11) is -1.89.